The van der Waals surface area contributed by atoms with Gasteiger partial charge in [0.1, 0.15) is 0 Å². The van der Waals surface area contributed by atoms with Gasteiger partial charge in [-0.2, -0.15) is 0 Å². The van der Waals surface area contributed by atoms with E-state index in [2.05, 4.69) is 15.3 Å². The average Bonchev–Trinajstić information content (AvgIpc) is 2.54. The normalized spacial score (nSPS) is 12.8. The Bertz CT molecular complexity index is 1050. The Morgan fingerprint density at radius 3 is 2.44 bits per heavy atom. The highest BCUT2D eigenvalue weighted by molar-refractivity contribution is 7.53. The second kappa shape index (κ2) is 7.80. The number of nitrogens with one attached hydrogen (secondary N) is 3. The summed E-state index contributed by atoms with van der Waals surface area (Å²) in [7, 11) is -4.83. The number of hydrogen-bond acceptors (Lipinski definition) is 7. The molecule has 0 aliphatic heterocycles. The molecule has 1 atom stereocenters. The molecule has 146 valence electrons. The molecule has 1 heterocycles. The zero-order chi connectivity index (χ0) is 20.4. The minimum absolute atomic E-state index is 0.0317. The van der Waals surface area contributed by atoms with Crippen molar-refractivity contribution in [3.63, 3.8) is 0 Å². The number of nitro groups is 1. The standard InChI is InChI=1S/C13H15N4O9P/c18-11-12(19)16-10-6(3-7(17(22)23)4-8(10)15-11)5-14-2-1-9(13(20)21)27(24,25)26/h3-4,9,14H,1-2,5H2,(H,15,18)(H,16,19)(H,20,21)(H2,24,25,26). The molecule has 0 aliphatic rings. The summed E-state index contributed by atoms with van der Waals surface area (Å²) in [4.78, 5) is 66.7. The van der Waals surface area contributed by atoms with Crippen LogP contribution in [0.1, 0.15) is 12.0 Å². The van der Waals surface area contributed by atoms with Crippen LogP contribution in [0, 0.1) is 10.1 Å². The largest absolute Gasteiger partial charge is 0.481 e. The van der Waals surface area contributed by atoms with Gasteiger partial charge in [0.25, 0.3) is 5.69 Å². The second-order valence-electron chi connectivity index (χ2n) is 5.60. The smallest absolute Gasteiger partial charge is 0.339 e. The maximum Gasteiger partial charge on any atom is 0.339 e. The monoisotopic (exact) mass is 402 g/mol. The van der Waals surface area contributed by atoms with Gasteiger partial charge in [-0.15, -0.1) is 0 Å². The summed E-state index contributed by atoms with van der Waals surface area (Å²) in [6.07, 6.45) is -0.389. The lowest BCUT2D eigenvalue weighted by Crippen LogP contribution is -2.30. The number of carboxylic acid groups (broad SMARTS) is 1. The van der Waals surface area contributed by atoms with E-state index in [9.17, 15) is 29.1 Å². The molecule has 1 aromatic carbocycles. The second-order valence-corrected chi connectivity index (χ2v) is 7.40. The topological polar surface area (TPSA) is 216 Å². The maximum atomic E-state index is 11.5. The van der Waals surface area contributed by atoms with Gasteiger partial charge in [0, 0.05) is 18.7 Å². The Kier molecular flexibility index (Phi) is 5.91. The molecular formula is C13H15N4O9P. The van der Waals surface area contributed by atoms with Crippen LogP contribution in [0.2, 0.25) is 0 Å². The molecule has 27 heavy (non-hydrogen) atoms. The van der Waals surface area contributed by atoms with Crippen molar-refractivity contribution in [2.75, 3.05) is 6.54 Å². The van der Waals surface area contributed by atoms with Gasteiger partial charge in [0.2, 0.25) is 0 Å². The predicted octanol–water partition coefficient (Wildman–Crippen LogP) is -0.765. The van der Waals surface area contributed by atoms with Crippen LogP contribution in [0.15, 0.2) is 21.7 Å². The van der Waals surface area contributed by atoms with Gasteiger partial charge in [0.15, 0.2) is 5.66 Å². The van der Waals surface area contributed by atoms with Crippen molar-refractivity contribution in [2.24, 2.45) is 0 Å². The Morgan fingerprint density at radius 2 is 1.89 bits per heavy atom. The van der Waals surface area contributed by atoms with Crippen molar-refractivity contribution in [3.8, 4) is 0 Å². The molecule has 0 saturated heterocycles. The third kappa shape index (κ3) is 4.86. The highest BCUT2D eigenvalue weighted by Crippen LogP contribution is 2.42. The molecule has 2 aromatic rings. The van der Waals surface area contributed by atoms with E-state index in [1.54, 1.807) is 0 Å². The zero-order valence-electron chi connectivity index (χ0n) is 13.5. The maximum absolute atomic E-state index is 11.5. The van der Waals surface area contributed by atoms with E-state index in [0.717, 1.165) is 12.1 Å². The van der Waals surface area contributed by atoms with Crippen molar-refractivity contribution < 1.29 is 29.2 Å². The van der Waals surface area contributed by atoms with Gasteiger partial charge < -0.3 is 30.2 Å². The number of aromatic nitrogens is 2. The molecule has 6 N–H and O–H groups in total. The fourth-order valence-electron chi connectivity index (χ4n) is 2.42. The lowest BCUT2D eigenvalue weighted by molar-refractivity contribution is -0.384. The summed E-state index contributed by atoms with van der Waals surface area (Å²) >= 11 is 0. The third-order valence-corrected chi connectivity index (χ3v) is 5.00. The average molecular weight is 402 g/mol. The van der Waals surface area contributed by atoms with Crippen LogP contribution in [-0.2, 0) is 15.9 Å². The Labute approximate surface area is 149 Å². The number of nitrogens with zero attached hydrogens (tertiary/aromatic N) is 1. The molecule has 2 rings (SSSR count). The van der Waals surface area contributed by atoms with Crippen LogP contribution < -0.4 is 16.4 Å². The van der Waals surface area contributed by atoms with Crippen molar-refractivity contribution in [3.05, 3.63) is 48.5 Å². The van der Waals surface area contributed by atoms with Crippen LogP contribution in [-0.4, -0.2) is 48.0 Å². The first-order valence-electron chi connectivity index (χ1n) is 7.43. The summed E-state index contributed by atoms with van der Waals surface area (Å²) in [6.45, 7) is -0.215. The molecule has 0 fully saturated rings. The number of aliphatic carboxylic acids is 1. The fraction of sp³-hybridized carbons (Fsp3) is 0.308. The predicted molar refractivity (Wildman–Crippen MR) is 91.6 cm³/mol. The molecular weight excluding hydrogens is 387 g/mol. The minimum Gasteiger partial charge on any atom is -0.481 e. The first-order valence-corrected chi connectivity index (χ1v) is 9.11. The molecule has 13 nitrogen and oxygen atoms in total. The van der Waals surface area contributed by atoms with E-state index in [1.165, 1.54) is 0 Å². The molecule has 1 aromatic heterocycles. The number of hydrogen-bond donors (Lipinski definition) is 6. The number of benzene rings is 1. The van der Waals surface area contributed by atoms with E-state index >= 15 is 0 Å². The highest BCUT2D eigenvalue weighted by Gasteiger charge is 2.34. The molecule has 0 radical (unpaired) electrons. The zero-order valence-corrected chi connectivity index (χ0v) is 14.4. The minimum atomic E-state index is -4.83. The number of aromatic amines is 2. The van der Waals surface area contributed by atoms with E-state index in [1.807, 2.05) is 0 Å². The van der Waals surface area contributed by atoms with Crippen LogP contribution in [0.25, 0.3) is 11.0 Å². The van der Waals surface area contributed by atoms with Crippen molar-refractivity contribution in [2.45, 2.75) is 18.6 Å². The first-order chi connectivity index (χ1) is 12.5. The summed E-state index contributed by atoms with van der Waals surface area (Å²) in [5.74, 6) is -1.65. The van der Waals surface area contributed by atoms with E-state index < -0.39 is 35.3 Å². The summed E-state index contributed by atoms with van der Waals surface area (Å²) in [5.41, 5.74) is -3.76. The molecule has 0 saturated carbocycles. The van der Waals surface area contributed by atoms with Crippen molar-refractivity contribution in [1.82, 2.24) is 15.3 Å². The van der Waals surface area contributed by atoms with Gasteiger partial charge >= 0.3 is 24.7 Å². The summed E-state index contributed by atoms with van der Waals surface area (Å²) in [5, 5.41) is 22.6. The highest BCUT2D eigenvalue weighted by atomic mass is 31.2. The Morgan fingerprint density at radius 1 is 1.26 bits per heavy atom. The van der Waals surface area contributed by atoms with Gasteiger partial charge in [-0.05, 0) is 18.5 Å². The fourth-order valence-corrected chi connectivity index (χ4v) is 3.18. The van der Waals surface area contributed by atoms with E-state index in [0.29, 0.717) is 0 Å². The van der Waals surface area contributed by atoms with Crippen molar-refractivity contribution in [1.29, 1.82) is 0 Å². The quantitative estimate of drug-likeness (QED) is 0.107. The number of rotatable bonds is 8. The number of fused-ring (bicyclic) bond motifs is 1. The van der Waals surface area contributed by atoms with Crippen molar-refractivity contribution >= 4 is 30.3 Å². The van der Waals surface area contributed by atoms with E-state index in [-0.39, 0.29) is 41.8 Å². The van der Waals surface area contributed by atoms with E-state index in [4.69, 9.17) is 14.9 Å². The molecule has 14 heteroatoms. The molecule has 0 bridgehead atoms. The van der Waals surface area contributed by atoms with Gasteiger partial charge in [-0.3, -0.25) is 29.1 Å². The van der Waals surface area contributed by atoms with Crippen LogP contribution in [0.3, 0.4) is 0 Å². The van der Waals surface area contributed by atoms with Gasteiger partial charge in [-0.25, -0.2) is 0 Å². The SMILES string of the molecule is O=C(O)C(CCNCc1cc([N+](=O)[O-])cc2[nH]c(=O)c(=O)[nH]c12)P(=O)(O)O. The summed E-state index contributed by atoms with van der Waals surface area (Å²) in [6, 6.07) is 2.23. The summed E-state index contributed by atoms with van der Waals surface area (Å²) < 4.78 is 11.1. The van der Waals surface area contributed by atoms with Crippen LogP contribution in [0.4, 0.5) is 5.69 Å². The Hall–Kier alpha value is -2.86. The molecule has 0 amide bonds. The molecule has 0 spiro atoms. The Balaban J connectivity index is 2.25. The third-order valence-electron chi connectivity index (χ3n) is 3.71. The lowest BCUT2D eigenvalue weighted by Gasteiger charge is -2.14. The molecule has 1 unspecified atom stereocenters. The van der Waals surface area contributed by atoms with Gasteiger partial charge in [-0.1, -0.05) is 0 Å². The molecule has 0 aliphatic carbocycles. The lowest BCUT2D eigenvalue weighted by atomic mass is 10.1. The number of H-pyrrole nitrogens is 2. The van der Waals surface area contributed by atoms with Crippen LogP contribution in [0.5, 0.6) is 0 Å². The number of carboxylic acids is 1. The number of carbonyl (C=O) groups is 1. The number of nitro benzene ring substituents is 1. The first kappa shape index (κ1) is 20.5. The van der Waals surface area contributed by atoms with Crippen LogP contribution >= 0.6 is 7.60 Å². The number of non-ortho nitro benzene ring substituents is 1. The van der Waals surface area contributed by atoms with Gasteiger partial charge in [0.05, 0.1) is 16.0 Å².